The standard InChI is InChI=1S/C25H19N3O3/c29-24(28-14-11-18-5-1-4-8-23(18)28)16-31-25(30)20-15-22(17-9-12-26-13-10-17)27-21-7-3-2-6-19(20)21/h1-10,12-13,15H,11,14,16H2. The maximum atomic E-state index is 13.0. The minimum atomic E-state index is -0.547. The molecule has 0 fully saturated rings. The largest absolute Gasteiger partial charge is 0.452 e. The molecule has 0 N–H and O–H groups in total. The number of para-hydroxylation sites is 2. The third-order valence-corrected chi connectivity index (χ3v) is 5.43. The third-order valence-electron chi connectivity index (χ3n) is 5.43. The Kier molecular flexibility index (Phi) is 4.88. The highest BCUT2D eigenvalue weighted by atomic mass is 16.5. The second kappa shape index (κ2) is 7.99. The maximum absolute atomic E-state index is 13.0. The average molecular weight is 409 g/mol. The van der Waals surface area contributed by atoms with Crippen LogP contribution in [-0.2, 0) is 16.0 Å². The topological polar surface area (TPSA) is 72.4 Å². The lowest BCUT2D eigenvalue weighted by atomic mass is 10.0. The molecule has 0 saturated heterocycles. The lowest BCUT2D eigenvalue weighted by Gasteiger charge is -2.17. The van der Waals surface area contributed by atoms with E-state index >= 15 is 0 Å². The Hall–Kier alpha value is -4.06. The lowest BCUT2D eigenvalue weighted by Crippen LogP contribution is -2.33. The zero-order chi connectivity index (χ0) is 21.2. The highest BCUT2D eigenvalue weighted by Crippen LogP contribution is 2.28. The van der Waals surface area contributed by atoms with Crippen LogP contribution in [0.15, 0.2) is 79.1 Å². The van der Waals surface area contributed by atoms with Crippen molar-refractivity contribution in [3.8, 4) is 11.3 Å². The Balaban J connectivity index is 1.40. The molecular formula is C25H19N3O3. The molecule has 31 heavy (non-hydrogen) atoms. The molecule has 1 aliphatic heterocycles. The normalized spacial score (nSPS) is 12.6. The van der Waals surface area contributed by atoms with Crippen LogP contribution >= 0.6 is 0 Å². The SMILES string of the molecule is O=C(OCC(=O)N1CCc2ccccc21)c1cc(-c2ccncc2)nc2ccccc12. The molecule has 1 amide bonds. The maximum Gasteiger partial charge on any atom is 0.339 e. The number of fused-ring (bicyclic) bond motifs is 2. The van der Waals surface area contributed by atoms with E-state index in [1.807, 2.05) is 60.7 Å². The Labute approximate surface area is 179 Å². The first kappa shape index (κ1) is 18.9. The average Bonchev–Trinajstić information content (AvgIpc) is 3.26. The summed E-state index contributed by atoms with van der Waals surface area (Å²) in [5.74, 6) is -0.777. The molecule has 0 atom stereocenters. The summed E-state index contributed by atoms with van der Waals surface area (Å²) >= 11 is 0. The van der Waals surface area contributed by atoms with E-state index in [0.29, 0.717) is 28.7 Å². The summed E-state index contributed by atoms with van der Waals surface area (Å²) in [5, 5.41) is 0.685. The minimum Gasteiger partial charge on any atom is -0.452 e. The number of nitrogens with zero attached hydrogens (tertiary/aromatic N) is 3. The minimum absolute atomic E-state index is 0.231. The number of ether oxygens (including phenoxy) is 1. The van der Waals surface area contributed by atoms with Crippen molar-refractivity contribution in [1.29, 1.82) is 0 Å². The number of aromatic nitrogens is 2. The molecule has 2 aromatic heterocycles. The molecule has 0 aliphatic carbocycles. The quantitative estimate of drug-likeness (QED) is 0.476. The number of anilines is 1. The van der Waals surface area contributed by atoms with E-state index < -0.39 is 5.97 Å². The fourth-order valence-corrected chi connectivity index (χ4v) is 3.90. The van der Waals surface area contributed by atoms with E-state index in [2.05, 4.69) is 9.97 Å². The van der Waals surface area contributed by atoms with Crippen molar-refractivity contribution in [2.24, 2.45) is 0 Å². The first-order chi connectivity index (χ1) is 15.2. The molecule has 6 nitrogen and oxygen atoms in total. The number of rotatable bonds is 4. The van der Waals surface area contributed by atoms with E-state index in [-0.39, 0.29) is 12.5 Å². The van der Waals surface area contributed by atoms with Gasteiger partial charge in [-0.3, -0.25) is 9.78 Å². The van der Waals surface area contributed by atoms with Gasteiger partial charge in [-0.2, -0.15) is 0 Å². The van der Waals surface area contributed by atoms with Gasteiger partial charge in [-0.05, 0) is 42.3 Å². The van der Waals surface area contributed by atoms with Gasteiger partial charge < -0.3 is 9.64 Å². The number of hydrogen-bond donors (Lipinski definition) is 0. The molecule has 5 rings (SSSR count). The van der Waals surface area contributed by atoms with Crippen LogP contribution in [0.2, 0.25) is 0 Å². The second-order valence-electron chi connectivity index (χ2n) is 7.31. The lowest BCUT2D eigenvalue weighted by molar-refractivity contribution is -0.121. The monoisotopic (exact) mass is 409 g/mol. The molecule has 2 aromatic carbocycles. The predicted octanol–water partition coefficient (Wildman–Crippen LogP) is 4.04. The second-order valence-corrected chi connectivity index (χ2v) is 7.31. The predicted molar refractivity (Wildman–Crippen MR) is 118 cm³/mol. The summed E-state index contributed by atoms with van der Waals surface area (Å²) in [6, 6.07) is 20.6. The number of esters is 1. The molecule has 1 aliphatic rings. The van der Waals surface area contributed by atoms with Gasteiger partial charge in [0.25, 0.3) is 5.91 Å². The Bertz CT molecular complexity index is 1290. The number of hydrogen-bond acceptors (Lipinski definition) is 5. The van der Waals surface area contributed by atoms with Gasteiger partial charge in [0.2, 0.25) is 0 Å². The van der Waals surface area contributed by atoms with E-state index in [0.717, 1.165) is 23.2 Å². The van der Waals surface area contributed by atoms with Crippen LogP contribution in [0.1, 0.15) is 15.9 Å². The van der Waals surface area contributed by atoms with Crippen LogP contribution in [0.5, 0.6) is 0 Å². The van der Waals surface area contributed by atoms with Gasteiger partial charge in [0, 0.05) is 35.6 Å². The van der Waals surface area contributed by atoms with E-state index in [4.69, 9.17) is 4.74 Å². The molecule has 6 heteroatoms. The van der Waals surface area contributed by atoms with E-state index in [9.17, 15) is 9.59 Å². The summed E-state index contributed by atoms with van der Waals surface area (Å²) < 4.78 is 5.45. The van der Waals surface area contributed by atoms with Crippen molar-refractivity contribution >= 4 is 28.5 Å². The van der Waals surface area contributed by atoms with Crippen molar-refractivity contribution in [1.82, 2.24) is 9.97 Å². The van der Waals surface area contributed by atoms with Crippen LogP contribution in [0.4, 0.5) is 5.69 Å². The first-order valence-electron chi connectivity index (χ1n) is 10.1. The molecule has 0 radical (unpaired) electrons. The van der Waals surface area contributed by atoms with Gasteiger partial charge in [-0.1, -0.05) is 36.4 Å². The fourth-order valence-electron chi connectivity index (χ4n) is 3.90. The highest BCUT2D eigenvalue weighted by Gasteiger charge is 2.25. The Morgan fingerprint density at radius 2 is 1.74 bits per heavy atom. The van der Waals surface area contributed by atoms with Crippen LogP contribution in [-0.4, -0.2) is 35.0 Å². The molecule has 152 valence electrons. The van der Waals surface area contributed by atoms with Crippen molar-refractivity contribution in [2.75, 3.05) is 18.1 Å². The van der Waals surface area contributed by atoms with Crippen molar-refractivity contribution in [2.45, 2.75) is 6.42 Å². The van der Waals surface area contributed by atoms with E-state index in [1.165, 1.54) is 0 Å². The number of pyridine rings is 2. The zero-order valence-corrected chi connectivity index (χ0v) is 16.7. The summed E-state index contributed by atoms with van der Waals surface area (Å²) in [6.07, 6.45) is 4.16. The van der Waals surface area contributed by atoms with Crippen molar-refractivity contribution < 1.29 is 14.3 Å². The number of benzene rings is 2. The number of carbonyl (C=O) groups excluding carboxylic acids is 2. The highest BCUT2D eigenvalue weighted by molar-refractivity contribution is 6.06. The van der Waals surface area contributed by atoms with Gasteiger partial charge in [0.15, 0.2) is 6.61 Å². The van der Waals surface area contributed by atoms with Gasteiger partial charge >= 0.3 is 5.97 Å². The summed E-state index contributed by atoms with van der Waals surface area (Å²) in [6.45, 7) is 0.286. The molecule has 0 spiro atoms. The number of carbonyl (C=O) groups is 2. The van der Waals surface area contributed by atoms with Crippen molar-refractivity contribution in [3.63, 3.8) is 0 Å². The van der Waals surface area contributed by atoms with Crippen LogP contribution < -0.4 is 4.90 Å². The molecule has 4 aromatic rings. The van der Waals surface area contributed by atoms with Gasteiger partial charge in [0.1, 0.15) is 0 Å². The van der Waals surface area contributed by atoms with Crippen LogP contribution in [0, 0.1) is 0 Å². The third kappa shape index (κ3) is 3.64. The fraction of sp³-hybridized carbons (Fsp3) is 0.120. The molecule has 0 saturated carbocycles. The molecule has 0 unspecified atom stereocenters. The van der Waals surface area contributed by atoms with Crippen molar-refractivity contribution in [3.05, 3.63) is 90.3 Å². The van der Waals surface area contributed by atoms with Crippen LogP contribution in [0.25, 0.3) is 22.2 Å². The number of amides is 1. The molecule has 3 heterocycles. The summed E-state index contributed by atoms with van der Waals surface area (Å²) in [4.78, 5) is 36.1. The summed E-state index contributed by atoms with van der Waals surface area (Å²) in [7, 11) is 0. The van der Waals surface area contributed by atoms with Gasteiger partial charge in [-0.25, -0.2) is 9.78 Å². The smallest absolute Gasteiger partial charge is 0.339 e. The van der Waals surface area contributed by atoms with Gasteiger partial charge in [-0.15, -0.1) is 0 Å². The Morgan fingerprint density at radius 3 is 2.61 bits per heavy atom. The Morgan fingerprint density at radius 1 is 0.968 bits per heavy atom. The zero-order valence-electron chi connectivity index (χ0n) is 16.7. The molecule has 0 bridgehead atoms. The van der Waals surface area contributed by atoms with Crippen LogP contribution in [0.3, 0.4) is 0 Å². The van der Waals surface area contributed by atoms with E-state index in [1.54, 1.807) is 23.4 Å². The summed E-state index contributed by atoms with van der Waals surface area (Å²) in [5.41, 5.74) is 4.57. The first-order valence-corrected chi connectivity index (χ1v) is 10.1. The van der Waals surface area contributed by atoms with Gasteiger partial charge in [0.05, 0.1) is 16.8 Å². The molecular weight excluding hydrogens is 390 g/mol.